The average Bonchev–Trinajstić information content (AvgIpc) is 3.10. The minimum absolute atomic E-state index is 0.112. The quantitative estimate of drug-likeness (QED) is 0.477. The van der Waals surface area contributed by atoms with Crippen LogP contribution in [0.4, 0.5) is 5.82 Å². The van der Waals surface area contributed by atoms with Crippen molar-refractivity contribution in [3.8, 4) is 0 Å². The van der Waals surface area contributed by atoms with Gasteiger partial charge in [0.25, 0.3) is 11.5 Å². The zero-order valence-electron chi connectivity index (χ0n) is 18.0. The van der Waals surface area contributed by atoms with Gasteiger partial charge in [0.05, 0.1) is 17.1 Å². The predicted octanol–water partition coefficient (Wildman–Crippen LogP) is 3.02. The van der Waals surface area contributed by atoms with Gasteiger partial charge in [0, 0.05) is 36.1 Å². The van der Waals surface area contributed by atoms with Gasteiger partial charge in [0.15, 0.2) is 5.65 Å². The number of carbonyl (C=O) groups is 1. The van der Waals surface area contributed by atoms with Crippen LogP contribution in [0.25, 0.3) is 11.0 Å². The SMILES string of the molecule is CSCCNc1cc(C(=O)NCc2c(C)cc(C)[nH]c2=O)c2cnn(C(C)C)c2n1. The fraction of sp³-hybridized carbons (Fsp3) is 0.429. The van der Waals surface area contributed by atoms with Crippen LogP contribution in [0.1, 0.15) is 47.1 Å². The molecule has 3 heterocycles. The zero-order chi connectivity index (χ0) is 21.8. The maximum atomic E-state index is 13.1. The Morgan fingerprint density at radius 1 is 1.30 bits per heavy atom. The molecule has 0 aliphatic heterocycles. The summed E-state index contributed by atoms with van der Waals surface area (Å²) >= 11 is 1.73. The molecule has 0 aliphatic carbocycles. The maximum Gasteiger partial charge on any atom is 0.253 e. The number of pyridine rings is 2. The Balaban J connectivity index is 1.93. The molecule has 160 valence electrons. The second-order valence-corrected chi connectivity index (χ2v) is 8.51. The van der Waals surface area contributed by atoms with E-state index in [2.05, 4.69) is 25.7 Å². The average molecular weight is 429 g/mol. The van der Waals surface area contributed by atoms with Gasteiger partial charge >= 0.3 is 0 Å². The molecule has 0 saturated heterocycles. The number of thioether (sulfide) groups is 1. The van der Waals surface area contributed by atoms with E-state index in [1.165, 1.54) is 0 Å². The van der Waals surface area contributed by atoms with E-state index in [1.54, 1.807) is 28.7 Å². The summed E-state index contributed by atoms with van der Waals surface area (Å²) in [6, 6.07) is 3.76. The number of amides is 1. The van der Waals surface area contributed by atoms with Crippen molar-refractivity contribution in [1.29, 1.82) is 0 Å². The third-order valence-electron chi connectivity index (χ3n) is 4.83. The maximum absolute atomic E-state index is 13.1. The van der Waals surface area contributed by atoms with E-state index in [4.69, 9.17) is 0 Å². The lowest BCUT2D eigenvalue weighted by Crippen LogP contribution is -2.28. The third kappa shape index (κ3) is 4.67. The first-order valence-corrected chi connectivity index (χ1v) is 11.3. The van der Waals surface area contributed by atoms with Crippen molar-refractivity contribution in [3.05, 3.63) is 51.1 Å². The van der Waals surface area contributed by atoms with E-state index >= 15 is 0 Å². The Morgan fingerprint density at radius 2 is 2.07 bits per heavy atom. The fourth-order valence-corrected chi connectivity index (χ4v) is 3.63. The van der Waals surface area contributed by atoms with Crippen molar-refractivity contribution in [2.45, 2.75) is 40.3 Å². The minimum Gasteiger partial charge on any atom is -0.369 e. The van der Waals surface area contributed by atoms with E-state index in [0.29, 0.717) is 28.0 Å². The highest BCUT2D eigenvalue weighted by Crippen LogP contribution is 2.23. The van der Waals surface area contributed by atoms with Crippen molar-refractivity contribution in [2.24, 2.45) is 0 Å². The molecule has 3 aromatic heterocycles. The number of aromatic amines is 1. The molecule has 0 spiro atoms. The fourth-order valence-electron chi connectivity index (χ4n) is 3.32. The lowest BCUT2D eigenvalue weighted by atomic mass is 10.1. The lowest BCUT2D eigenvalue weighted by Gasteiger charge is -2.12. The molecule has 0 unspecified atom stereocenters. The third-order valence-corrected chi connectivity index (χ3v) is 5.44. The van der Waals surface area contributed by atoms with E-state index < -0.39 is 0 Å². The van der Waals surface area contributed by atoms with E-state index in [-0.39, 0.29) is 24.1 Å². The number of hydrogen-bond donors (Lipinski definition) is 3. The lowest BCUT2D eigenvalue weighted by molar-refractivity contribution is 0.0952. The molecular weight excluding hydrogens is 400 g/mol. The number of nitrogens with zero attached hydrogens (tertiary/aromatic N) is 3. The molecule has 0 aromatic carbocycles. The summed E-state index contributed by atoms with van der Waals surface area (Å²) in [5, 5.41) is 11.3. The molecule has 9 heteroatoms. The van der Waals surface area contributed by atoms with Crippen LogP contribution in [0.5, 0.6) is 0 Å². The summed E-state index contributed by atoms with van der Waals surface area (Å²) < 4.78 is 1.81. The van der Waals surface area contributed by atoms with Gasteiger partial charge in [-0.15, -0.1) is 0 Å². The Labute approximate surface area is 179 Å². The number of aryl methyl sites for hydroxylation is 2. The smallest absolute Gasteiger partial charge is 0.253 e. The number of aromatic nitrogens is 4. The van der Waals surface area contributed by atoms with Gasteiger partial charge in [0.1, 0.15) is 5.82 Å². The van der Waals surface area contributed by atoms with Gasteiger partial charge in [-0.3, -0.25) is 9.59 Å². The second-order valence-electron chi connectivity index (χ2n) is 7.52. The highest BCUT2D eigenvalue weighted by Gasteiger charge is 2.18. The van der Waals surface area contributed by atoms with Crippen LogP contribution < -0.4 is 16.2 Å². The molecule has 8 nitrogen and oxygen atoms in total. The van der Waals surface area contributed by atoms with Crippen molar-refractivity contribution in [1.82, 2.24) is 25.1 Å². The first-order valence-electron chi connectivity index (χ1n) is 9.90. The van der Waals surface area contributed by atoms with Crippen molar-refractivity contribution < 1.29 is 4.79 Å². The van der Waals surface area contributed by atoms with Crippen molar-refractivity contribution in [2.75, 3.05) is 23.9 Å². The van der Waals surface area contributed by atoms with Crippen LogP contribution in [-0.4, -0.2) is 44.2 Å². The Bertz CT molecular complexity index is 1120. The molecule has 0 fully saturated rings. The van der Waals surface area contributed by atoms with E-state index in [1.807, 2.05) is 40.0 Å². The Morgan fingerprint density at radius 3 is 2.73 bits per heavy atom. The minimum atomic E-state index is -0.266. The number of nitrogens with one attached hydrogen (secondary N) is 3. The topological polar surface area (TPSA) is 105 Å². The number of fused-ring (bicyclic) bond motifs is 1. The molecule has 3 rings (SSSR count). The molecule has 0 bridgehead atoms. The molecule has 1 amide bonds. The first-order chi connectivity index (χ1) is 14.3. The van der Waals surface area contributed by atoms with Crippen LogP contribution in [0.3, 0.4) is 0 Å². The van der Waals surface area contributed by atoms with Crippen LogP contribution >= 0.6 is 11.8 Å². The summed E-state index contributed by atoms with van der Waals surface area (Å²) in [6.45, 7) is 8.64. The standard InChI is InChI=1S/C21H28N6O2S/c1-12(2)27-19-17(11-24-27)15(9-18(26-19)22-6-7-30-5)20(28)23-10-16-13(3)8-14(4)25-21(16)29/h8-9,11-12H,6-7,10H2,1-5H3,(H,22,26)(H,23,28)(H,25,29). The van der Waals surface area contributed by atoms with Crippen LogP contribution in [0.15, 0.2) is 23.1 Å². The number of hydrogen-bond acceptors (Lipinski definition) is 6. The van der Waals surface area contributed by atoms with Crippen LogP contribution in [0, 0.1) is 13.8 Å². The van der Waals surface area contributed by atoms with Gasteiger partial charge in [-0.05, 0) is 51.6 Å². The van der Waals surface area contributed by atoms with E-state index in [0.717, 1.165) is 23.6 Å². The summed E-state index contributed by atoms with van der Waals surface area (Å²) in [5.41, 5.74) is 3.16. The monoisotopic (exact) mass is 428 g/mol. The number of carbonyl (C=O) groups excluding carboxylic acids is 1. The van der Waals surface area contributed by atoms with Crippen LogP contribution in [0.2, 0.25) is 0 Å². The highest BCUT2D eigenvalue weighted by atomic mass is 32.2. The predicted molar refractivity (Wildman–Crippen MR) is 122 cm³/mol. The van der Waals surface area contributed by atoms with E-state index in [9.17, 15) is 9.59 Å². The molecule has 3 aromatic rings. The zero-order valence-corrected chi connectivity index (χ0v) is 18.8. The van der Waals surface area contributed by atoms with Crippen LogP contribution in [-0.2, 0) is 6.54 Å². The second kappa shape index (κ2) is 9.34. The van der Waals surface area contributed by atoms with Gasteiger partial charge in [0.2, 0.25) is 0 Å². The number of H-pyrrole nitrogens is 1. The number of rotatable bonds is 8. The van der Waals surface area contributed by atoms with Gasteiger partial charge in [-0.2, -0.15) is 16.9 Å². The van der Waals surface area contributed by atoms with Gasteiger partial charge in [-0.1, -0.05) is 0 Å². The molecule has 0 atom stereocenters. The summed E-state index contributed by atoms with van der Waals surface area (Å²) in [5.74, 6) is 1.30. The highest BCUT2D eigenvalue weighted by molar-refractivity contribution is 7.98. The molecule has 0 saturated carbocycles. The summed E-state index contributed by atoms with van der Waals surface area (Å²) in [7, 11) is 0. The molecule has 30 heavy (non-hydrogen) atoms. The molecule has 0 radical (unpaired) electrons. The Hall–Kier alpha value is -2.81. The van der Waals surface area contributed by atoms with Crippen molar-refractivity contribution >= 4 is 34.5 Å². The summed E-state index contributed by atoms with van der Waals surface area (Å²) in [4.78, 5) is 32.8. The largest absolute Gasteiger partial charge is 0.369 e. The number of anilines is 1. The molecule has 0 aliphatic rings. The Kier molecular flexibility index (Phi) is 6.81. The van der Waals surface area contributed by atoms with Crippen molar-refractivity contribution in [3.63, 3.8) is 0 Å². The molecular formula is C21H28N6O2S. The van der Waals surface area contributed by atoms with Gasteiger partial charge < -0.3 is 15.6 Å². The summed E-state index contributed by atoms with van der Waals surface area (Å²) in [6.07, 6.45) is 3.71. The van der Waals surface area contributed by atoms with Gasteiger partial charge in [-0.25, -0.2) is 9.67 Å². The molecule has 3 N–H and O–H groups in total. The normalized spacial score (nSPS) is 11.3. The first kappa shape index (κ1) is 21.9.